The number of piperidine rings is 1. The minimum atomic E-state index is 0.0235. The monoisotopic (exact) mass is 476 g/mol. The maximum Gasteiger partial charge on any atom is 0.253 e. The van der Waals surface area contributed by atoms with Crippen molar-refractivity contribution in [2.75, 3.05) is 44.2 Å². The molecule has 2 aromatic rings. The molecule has 2 aliphatic heterocycles. The van der Waals surface area contributed by atoms with Gasteiger partial charge in [-0.3, -0.25) is 9.59 Å². The van der Waals surface area contributed by atoms with E-state index in [1.54, 1.807) is 11.3 Å². The number of thiazole rings is 1. The Labute approximate surface area is 183 Å². The molecule has 6 nitrogen and oxygen atoms in total. The molecule has 0 saturated carbocycles. The lowest BCUT2D eigenvalue weighted by atomic mass is 9.94. The topological polar surface area (TPSA) is 56.8 Å². The average Bonchev–Trinajstić information content (AvgIpc) is 3.18. The standard InChI is InChI=1S/C21H25BrN4O2S/c22-18-4-2-16(3-5-18)19(27)25-11-6-17(7-12-25)20(28)24-9-1-10-26(14-13-24)21-23-8-15-29-21/h2-5,8,15,17H,1,6-7,9-14H2. The van der Waals surface area contributed by atoms with Gasteiger partial charge >= 0.3 is 0 Å². The van der Waals surface area contributed by atoms with Crippen molar-refractivity contribution in [2.45, 2.75) is 19.3 Å². The fourth-order valence-corrected chi connectivity index (χ4v) is 5.03. The number of halogens is 1. The van der Waals surface area contributed by atoms with E-state index in [-0.39, 0.29) is 17.7 Å². The Bertz CT molecular complexity index is 835. The van der Waals surface area contributed by atoms with Gasteiger partial charge in [-0.25, -0.2) is 4.98 Å². The van der Waals surface area contributed by atoms with Gasteiger partial charge in [0.2, 0.25) is 5.91 Å². The first-order chi connectivity index (χ1) is 14.1. The van der Waals surface area contributed by atoms with E-state index in [9.17, 15) is 9.59 Å². The first-order valence-electron chi connectivity index (χ1n) is 10.1. The van der Waals surface area contributed by atoms with Crippen LogP contribution >= 0.6 is 27.3 Å². The first-order valence-corrected chi connectivity index (χ1v) is 11.8. The third-order valence-electron chi connectivity index (χ3n) is 5.72. The zero-order valence-corrected chi connectivity index (χ0v) is 18.7. The van der Waals surface area contributed by atoms with Gasteiger partial charge in [0, 0.05) is 66.8 Å². The van der Waals surface area contributed by atoms with Crippen LogP contribution in [0.25, 0.3) is 0 Å². The fourth-order valence-electron chi connectivity index (χ4n) is 4.06. The lowest BCUT2D eigenvalue weighted by Gasteiger charge is -2.34. The predicted octanol–water partition coefficient (Wildman–Crippen LogP) is 3.50. The molecule has 1 aromatic heterocycles. The molecule has 2 aliphatic rings. The molecule has 0 atom stereocenters. The van der Waals surface area contributed by atoms with Gasteiger partial charge in [0.15, 0.2) is 5.13 Å². The third kappa shape index (κ3) is 4.80. The SMILES string of the molecule is O=C(c1ccc(Br)cc1)N1CCC(C(=O)N2CCCN(c3nccs3)CC2)CC1. The van der Waals surface area contributed by atoms with Crippen LogP contribution in [0.5, 0.6) is 0 Å². The zero-order chi connectivity index (χ0) is 20.2. The molecule has 154 valence electrons. The summed E-state index contributed by atoms with van der Waals surface area (Å²) in [7, 11) is 0. The molecule has 0 N–H and O–H groups in total. The Kier molecular flexibility index (Phi) is 6.50. The highest BCUT2D eigenvalue weighted by molar-refractivity contribution is 9.10. The van der Waals surface area contributed by atoms with Crippen molar-refractivity contribution in [3.05, 3.63) is 45.9 Å². The summed E-state index contributed by atoms with van der Waals surface area (Å²) >= 11 is 5.05. The number of aromatic nitrogens is 1. The third-order valence-corrected chi connectivity index (χ3v) is 7.08. The first kappa shape index (κ1) is 20.3. The van der Waals surface area contributed by atoms with Crippen molar-refractivity contribution >= 4 is 44.2 Å². The van der Waals surface area contributed by atoms with Crippen LogP contribution in [0.2, 0.25) is 0 Å². The average molecular weight is 477 g/mol. The minimum Gasteiger partial charge on any atom is -0.346 e. The normalized spacial score (nSPS) is 18.6. The van der Waals surface area contributed by atoms with Crippen LogP contribution in [0.1, 0.15) is 29.6 Å². The van der Waals surface area contributed by atoms with Crippen LogP contribution in [-0.4, -0.2) is 65.9 Å². The van der Waals surface area contributed by atoms with Gasteiger partial charge in [-0.2, -0.15) is 0 Å². The van der Waals surface area contributed by atoms with Crippen molar-refractivity contribution in [1.82, 2.24) is 14.8 Å². The number of carbonyl (C=O) groups excluding carboxylic acids is 2. The number of hydrogen-bond donors (Lipinski definition) is 0. The number of likely N-dealkylation sites (tertiary alicyclic amines) is 1. The van der Waals surface area contributed by atoms with Crippen LogP contribution in [0.4, 0.5) is 5.13 Å². The lowest BCUT2D eigenvalue weighted by molar-refractivity contribution is -0.136. The van der Waals surface area contributed by atoms with E-state index < -0.39 is 0 Å². The Morgan fingerprint density at radius 2 is 1.72 bits per heavy atom. The van der Waals surface area contributed by atoms with Crippen molar-refractivity contribution in [3.8, 4) is 0 Å². The van der Waals surface area contributed by atoms with E-state index in [0.29, 0.717) is 18.7 Å². The van der Waals surface area contributed by atoms with E-state index in [4.69, 9.17) is 0 Å². The number of anilines is 1. The number of hydrogen-bond acceptors (Lipinski definition) is 5. The van der Waals surface area contributed by atoms with Gasteiger partial charge in [-0.1, -0.05) is 15.9 Å². The fraction of sp³-hybridized carbons (Fsp3) is 0.476. The Balaban J connectivity index is 1.29. The number of rotatable bonds is 3. The van der Waals surface area contributed by atoms with E-state index in [1.807, 2.05) is 45.6 Å². The number of amides is 2. The van der Waals surface area contributed by atoms with Gasteiger partial charge in [0.25, 0.3) is 5.91 Å². The summed E-state index contributed by atoms with van der Waals surface area (Å²) in [4.78, 5) is 36.3. The molecule has 8 heteroatoms. The van der Waals surface area contributed by atoms with Gasteiger partial charge in [0.05, 0.1) is 0 Å². The molecule has 0 unspecified atom stereocenters. The molecule has 3 heterocycles. The van der Waals surface area contributed by atoms with Crippen LogP contribution < -0.4 is 4.90 Å². The highest BCUT2D eigenvalue weighted by atomic mass is 79.9. The second-order valence-electron chi connectivity index (χ2n) is 7.55. The van der Waals surface area contributed by atoms with Crippen LogP contribution in [0, 0.1) is 5.92 Å². The Morgan fingerprint density at radius 1 is 0.966 bits per heavy atom. The van der Waals surface area contributed by atoms with Crippen molar-refractivity contribution in [2.24, 2.45) is 5.92 Å². The largest absolute Gasteiger partial charge is 0.346 e. The zero-order valence-electron chi connectivity index (χ0n) is 16.3. The molecule has 2 saturated heterocycles. The molecule has 29 heavy (non-hydrogen) atoms. The number of carbonyl (C=O) groups is 2. The van der Waals surface area contributed by atoms with Crippen LogP contribution in [0.15, 0.2) is 40.3 Å². The molecule has 0 radical (unpaired) electrons. The summed E-state index contributed by atoms with van der Waals surface area (Å²) in [6.45, 7) is 4.61. The van der Waals surface area contributed by atoms with Crippen molar-refractivity contribution in [3.63, 3.8) is 0 Å². The molecule has 0 spiro atoms. The molecule has 1 aromatic carbocycles. The molecule has 2 fully saturated rings. The summed E-state index contributed by atoms with van der Waals surface area (Å²) in [6.07, 6.45) is 4.28. The quantitative estimate of drug-likeness (QED) is 0.679. The van der Waals surface area contributed by atoms with Crippen molar-refractivity contribution < 1.29 is 9.59 Å². The summed E-state index contributed by atoms with van der Waals surface area (Å²) < 4.78 is 0.962. The second-order valence-corrected chi connectivity index (χ2v) is 9.34. The molecular formula is C21H25BrN4O2S. The highest BCUT2D eigenvalue weighted by Crippen LogP contribution is 2.24. The molecular weight excluding hydrogens is 452 g/mol. The number of nitrogens with zero attached hydrogens (tertiary/aromatic N) is 4. The maximum atomic E-state index is 13.1. The Hall–Kier alpha value is -1.93. The summed E-state index contributed by atoms with van der Waals surface area (Å²) in [5, 5.41) is 3.03. The van der Waals surface area contributed by atoms with E-state index >= 15 is 0 Å². The van der Waals surface area contributed by atoms with Gasteiger partial charge < -0.3 is 14.7 Å². The van der Waals surface area contributed by atoms with E-state index in [1.165, 1.54) is 0 Å². The highest BCUT2D eigenvalue weighted by Gasteiger charge is 2.31. The van der Waals surface area contributed by atoms with Gasteiger partial charge in [-0.05, 0) is 43.5 Å². The smallest absolute Gasteiger partial charge is 0.253 e. The molecule has 4 rings (SSSR count). The number of benzene rings is 1. The Morgan fingerprint density at radius 3 is 2.41 bits per heavy atom. The minimum absolute atomic E-state index is 0.0235. The van der Waals surface area contributed by atoms with E-state index in [0.717, 1.165) is 55.0 Å². The van der Waals surface area contributed by atoms with Gasteiger partial charge in [0.1, 0.15) is 0 Å². The summed E-state index contributed by atoms with van der Waals surface area (Å²) in [5.41, 5.74) is 0.702. The van der Waals surface area contributed by atoms with Gasteiger partial charge in [-0.15, -0.1) is 11.3 Å². The molecule has 0 aliphatic carbocycles. The molecule has 2 amide bonds. The molecule has 0 bridgehead atoms. The van der Waals surface area contributed by atoms with E-state index in [2.05, 4.69) is 25.8 Å². The van der Waals surface area contributed by atoms with Crippen LogP contribution in [0.3, 0.4) is 0 Å². The predicted molar refractivity (Wildman–Crippen MR) is 118 cm³/mol. The van der Waals surface area contributed by atoms with Crippen LogP contribution in [-0.2, 0) is 4.79 Å². The summed E-state index contributed by atoms with van der Waals surface area (Å²) in [6, 6.07) is 7.46. The van der Waals surface area contributed by atoms with Crippen molar-refractivity contribution in [1.29, 1.82) is 0 Å². The summed E-state index contributed by atoms with van der Waals surface area (Å²) in [5.74, 6) is 0.328. The lowest BCUT2D eigenvalue weighted by Crippen LogP contribution is -2.45. The maximum absolute atomic E-state index is 13.1. The second kappa shape index (κ2) is 9.26.